The van der Waals surface area contributed by atoms with Crippen molar-refractivity contribution in [3.05, 3.63) is 75.8 Å². The Morgan fingerprint density at radius 2 is 2.00 bits per heavy atom. The summed E-state index contributed by atoms with van der Waals surface area (Å²) in [4.78, 5) is 28.7. The van der Waals surface area contributed by atoms with Crippen LogP contribution in [0.1, 0.15) is 23.9 Å². The molecule has 3 aromatic rings. The second-order valence-corrected chi connectivity index (χ2v) is 5.95. The zero-order valence-electron chi connectivity index (χ0n) is 14.9. The summed E-state index contributed by atoms with van der Waals surface area (Å²) >= 11 is 0. The molecule has 1 aromatic carbocycles. The predicted molar refractivity (Wildman–Crippen MR) is 97.2 cm³/mol. The Morgan fingerprint density at radius 1 is 1.26 bits per heavy atom. The van der Waals surface area contributed by atoms with Crippen molar-refractivity contribution in [1.82, 2.24) is 9.38 Å². The molecule has 7 nitrogen and oxygen atoms in total. The number of fused-ring (bicyclic) bond motifs is 1. The molecule has 0 spiro atoms. The van der Waals surface area contributed by atoms with E-state index in [1.54, 1.807) is 43.3 Å². The number of carbonyl (C=O) groups excluding carboxylic acids is 1. The van der Waals surface area contributed by atoms with E-state index in [0.29, 0.717) is 22.7 Å². The van der Waals surface area contributed by atoms with E-state index in [4.69, 9.17) is 14.7 Å². The Hall–Kier alpha value is -3.66. The van der Waals surface area contributed by atoms with Crippen LogP contribution in [0.15, 0.2) is 53.3 Å². The summed E-state index contributed by atoms with van der Waals surface area (Å²) in [5, 5.41) is 8.78. The molecule has 0 aliphatic rings. The predicted octanol–water partition coefficient (Wildman–Crippen LogP) is 2.39. The maximum Gasteiger partial charge on any atom is 0.347 e. The third-order valence-electron chi connectivity index (χ3n) is 3.92. The highest BCUT2D eigenvalue weighted by atomic mass is 16.6. The Bertz CT molecular complexity index is 1080. The maximum absolute atomic E-state index is 12.2. The largest absolute Gasteiger partial charge is 0.479 e. The van der Waals surface area contributed by atoms with E-state index < -0.39 is 12.1 Å². The van der Waals surface area contributed by atoms with Gasteiger partial charge in [0, 0.05) is 11.8 Å². The first-order chi connectivity index (χ1) is 13.0. The van der Waals surface area contributed by atoms with Gasteiger partial charge in [0.1, 0.15) is 18.0 Å². The van der Waals surface area contributed by atoms with Crippen LogP contribution < -0.4 is 10.3 Å². The zero-order chi connectivity index (χ0) is 19.4. The van der Waals surface area contributed by atoms with Crippen molar-refractivity contribution in [2.45, 2.75) is 26.6 Å². The van der Waals surface area contributed by atoms with E-state index in [9.17, 15) is 9.59 Å². The monoisotopic (exact) mass is 363 g/mol. The highest BCUT2D eigenvalue weighted by Crippen LogP contribution is 2.14. The fourth-order valence-corrected chi connectivity index (χ4v) is 2.56. The quantitative estimate of drug-likeness (QED) is 0.646. The normalized spacial score (nSPS) is 11.6. The van der Waals surface area contributed by atoms with E-state index in [-0.39, 0.29) is 12.2 Å². The standard InChI is InChI=1S/C20H17N3O4/c1-13-4-3-5-18-22-16(10-19(24)23(13)18)12-26-20(25)14(2)27-17-8-6-15(11-21)7-9-17/h3-10,14H,12H2,1-2H3/t14-/m1/s1. The summed E-state index contributed by atoms with van der Waals surface area (Å²) in [6.45, 7) is 3.25. The molecule has 0 saturated heterocycles. The number of carbonyl (C=O) groups is 1. The van der Waals surface area contributed by atoms with Crippen molar-refractivity contribution in [3.8, 4) is 11.8 Å². The summed E-state index contributed by atoms with van der Waals surface area (Å²) in [6.07, 6.45) is -0.846. The highest BCUT2D eigenvalue weighted by Gasteiger charge is 2.17. The third-order valence-corrected chi connectivity index (χ3v) is 3.92. The van der Waals surface area contributed by atoms with Crippen molar-refractivity contribution < 1.29 is 14.3 Å². The van der Waals surface area contributed by atoms with Crippen molar-refractivity contribution in [1.29, 1.82) is 5.26 Å². The lowest BCUT2D eigenvalue weighted by atomic mass is 10.2. The number of benzene rings is 1. The topological polar surface area (TPSA) is 93.7 Å². The number of nitriles is 1. The Kier molecular flexibility index (Phi) is 5.18. The van der Waals surface area contributed by atoms with Gasteiger partial charge >= 0.3 is 5.97 Å². The van der Waals surface area contributed by atoms with E-state index in [1.165, 1.54) is 10.5 Å². The van der Waals surface area contributed by atoms with Crippen molar-refractivity contribution in [2.24, 2.45) is 0 Å². The number of ether oxygens (including phenoxy) is 2. The second-order valence-electron chi connectivity index (χ2n) is 5.95. The molecule has 27 heavy (non-hydrogen) atoms. The molecular weight excluding hydrogens is 346 g/mol. The summed E-state index contributed by atoms with van der Waals surface area (Å²) < 4.78 is 12.2. The summed E-state index contributed by atoms with van der Waals surface area (Å²) in [5.74, 6) is -0.124. The molecule has 3 rings (SSSR count). The van der Waals surface area contributed by atoms with Crippen molar-refractivity contribution in [3.63, 3.8) is 0 Å². The van der Waals surface area contributed by atoms with Crippen LogP contribution in [0.25, 0.3) is 5.65 Å². The molecule has 0 bridgehead atoms. The minimum Gasteiger partial charge on any atom is -0.479 e. The van der Waals surface area contributed by atoms with Gasteiger partial charge in [-0.05, 0) is 50.2 Å². The van der Waals surface area contributed by atoms with Crippen molar-refractivity contribution in [2.75, 3.05) is 0 Å². The van der Waals surface area contributed by atoms with Crippen LogP contribution >= 0.6 is 0 Å². The molecular formula is C20H17N3O4. The number of rotatable bonds is 5. The van der Waals surface area contributed by atoms with E-state index in [1.807, 2.05) is 19.1 Å². The first kappa shape index (κ1) is 18.1. The number of hydrogen-bond donors (Lipinski definition) is 0. The van der Waals surface area contributed by atoms with E-state index in [0.717, 1.165) is 5.69 Å². The van der Waals surface area contributed by atoms with Crippen LogP contribution in [-0.4, -0.2) is 21.5 Å². The smallest absolute Gasteiger partial charge is 0.347 e. The van der Waals surface area contributed by atoms with Crippen LogP contribution in [-0.2, 0) is 16.1 Å². The Morgan fingerprint density at radius 3 is 2.70 bits per heavy atom. The molecule has 0 fully saturated rings. The van der Waals surface area contributed by atoms with Gasteiger partial charge in [0.2, 0.25) is 0 Å². The van der Waals surface area contributed by atoms with Gasteiger partial charge < -0.3 is 9.47 Å². The average Bonchev–Trinajstić information content (AvgIpc) is 2.66. The first-order valence-corrected chi connectivity index (χ1v) is 8.29. The molecule has 0 unspecified atom stereocenters. The number of aryl methyl sites for hydroxylation is 1. The Balaban J connectivity index is 1.65. The summed E-state index contributed by atoms with van der Waals surface area (Å²) in [7, 11) is 0. The fourth-order valence-electron chi connectivity index (χ4n) is 2.56. The maximum atomic E-state index is 12.2. The molecule has 1 atom stereocenters. The third kappa shape index (κ3) is 4.12. The SMILES string of the molecule is Cc1cccc2nc(COC(=O)[C@@H](C)Oc3ccc(C#N)cc3)cc(=O)n12. The Labute approximate surface area is 155 Å². The van der Waals surface area contributed by atoms with Gasteiger partial charge in [0.15, 0.2) is 6.10 Å². The summed E-state index contributed by atoms with van der Waals surface area (Å²) in [5.41, 5.74) is 1.91. The van der Waals surface area contributed by atoms with Gasteiger partial charge in [-0.1, -0.05) is 6.07 Å². The number of hydrogen-bond acceptors (Lipinski definition) is 6. The number of aromatic nitrogens is 2. The van der Waals surface area contributed by atoms with Crippen LogP contribution in [0, 0.1) is 18.3 Å². The van der Waals surface area contributed by atoms with Crippen LogP contribution in [0.4, 0.5) is 0 Å². The number of nitrogens with zero attached hydrogens (tertiary/aromatic N) is 3. The molecule has 0 aliphatic carbocycles. The van der Waals surface area contributed by atoms with E-state index in [2.05, 4.69) is 4.98 Å². The average molecular weight is 363 g/mol. The van der Waals surface area contributed by atoms with Gasteiger partial charge in [-0.2, -0.15) is 5.26 Å². The number of pyridine rings is 1. The molecule has 0 aliphatic heterocycles. The minimum absolute atomic E-state index is 0.125. The van der Waals surface area contributed by atoms with Crippen LogP contribution in [0.3, 0.4) is 0 Å². The van der Waals surface area contributed by atoms with Gasteiger partial charge in [-0.25, -0.2) is 9.78 Å². The lowest BCUT2D eigenvalue weighted by molar-refractivity contribution is -0.152. The highest BCUT2D eigenvalue weighted by molar-refractivity contribution is 5.74. The molecule has 0 radical (unpaired) electrons. The molecule has 2 aromatic heterocycles. The van der Waals surface area contributed by atoms with Gasteiger partial charge in [0.05, 0.1) is 17.3 Å². The first-order valence-electron chi connectivity index (χ1n) is 8.29. The lowest BCUT2D eigenvalue weighted by Gasteiger charge is -2.14. The molecule has 0 N–H and O–H groups in total. The molecule has 0 saturated carbocycles. The fraction of sp³-hybridized carbons (Fsp3) is 0.200. The van der Waals surface area contributed by atoms with Crippen LogP contribution in [0.5, 0.6) is 5.75 Å². The van der Waals surface area contributed by atoms with E-state index >= 15 is 0 Å². The molecule has 0 amide bonds. The number of esters is 1. The molecule has 136 valence electrons. The minimum atomic E-state index is -0.846. The lowest BCUT2D eigenvalue weighted by Crippen LogP contribution is -2.26. The molecule has 7 heteroatoms. The van der Waals surface area contributed by atoms with Crippen molar-refractivity contribution >= 4 is 11.6 Å². The van der Waals surface area contributed by atoms with Gasteiger partial charge in [-0.3, -0.25) is 9.20 Å². The van der Waals surface area contributed by atoms with Gasteiger partial charge in [-0.15, -0.1) is 0 Å². The van der Waals surface area contributed by atoms with Gasteiger partial charge in [0.25, 0.3) is 5.56 Å². The molecule has 2 heterocycles. The zero-order valence-corrected chi connectivity index (χ0v) is 14.9. The second kappa shape index (κ2) is 7.70. The summed E-state index contributed by atoms with van der Waals surface area (Å²) in [6, 6.07) is 15.1. The van der Waals surface area contributed by atoms with Crippen LogP contribution in [0.2, 0.25) is 0 Å².